The van der Waals surface area contributed by atoms with Gasteiger partial charge in [0, 0.05) is 6.08 Å². The summed E-state index contributed by atoms with van der Waals surface area (Å²) in [5, 5.41) is 0. The molecular weight excluding hydrogens is 256 g/mol. The first-order chi connectivity index (χ1) is 9.47. The molecule has 0 aliphatic heterocycles. The molecule has 1 fully saturated rings. The fourth-order valence-electron chi connectivity index (χ4n) is 2.50. The lowest BCUT2D eigenvalue weighted by atomic mass is 9.80. The zero-order valence-corrected chi connectivity index (χ0v) is 12.8. The van der Waals surface area contributed by atoms with E-state index < -0.39 is 0 Å². The van der Waals surface area contributed by atoms with Gasteiger partial charge in [0.05, 0.1) is 12.5 Å². The van der Waals surface area contributed by atoms with E-state index in [0.29, 0.717) is 18.4 Å². The molecule has 0 amide bonds. The van der Waals surface area contributed by atoms with Crippen LogP contribution in [0.2, 0.25) is 0 Å². The predicted molar refractivity (Wildman–Crippen MR) is 77.0 cm³/mol. The Bertz CT molecular complexity index is 350. The Morgan fingerprint density at radius 3 is 2.65 bits per heavy atom. The van der Waals surface area contributed by atoms with Crippen molar-refractivity contribution in [3.63, 3.8) is 0 Å². The molecule has 0 aromatic heterocycles. The van der Waals surface area contributed by atoms with E-state index in [1.165, 1.54) is 6.08 Å². The second-order valence-electron chi connectivity index (χ2n) is 5.78. The topological polar surface area (TPSA) is 52.6 Å². The summed E-state index contributed by atoms with van der Waals surface area (Å²) in [6.07, 6.45) is 4.68. The Kier molecular flexibility index (Phi) is 6.76. The van der Waals surface area contributed by atoms with Crippen molar-refractivity contribution >= 4 is 11.9 Å². The molecule has 4 nitrogen and oxygen atoms in total. The molecule has 0 spiro atoms. The molecule has 0 aromatic carbocycles. The number of carbonyl (C=O) groups is 2. The highest BCUT2D eigenvalue weighted by molar-refractivity contribution is 5.81. The van der Waals surface area contributed by atoms with Crippen molar-refractivity contribution in [3.8, 4) is 0 Å². The molecule has 0 radical (unpaired) electrons. The van der Waals surface area contributed by atoms with Crippen LogP contribution in [0, 0.1) is 17.8 Å². The molecule has 0 N–H and O–H groups in total. The van der Waals surface area contributed by atoms with Gasteiger partial charge in [0.1, 0.15) is 6.10 Å². The van der Waals surface area contributed by atoms with Crippen molar-refractivity contribution in [3.05, 3.63) is 12.7 Å². The van der Waals surface area contributed by atoms with Crippen LogP contribution in [-0.2, 0) is 19.1 Å². The van der Waals surface area contributed by atoms with Crippen molar-refractivity contribution in [2.75, 3.05) is 6.61 Å². The van der Waals surface area contributed by atoms with Crippen molar-refractivity contribution in [1.82, 2.24) is 0 Å². The van der Waals surface area contributed by atoms with E-state index in [4.69, 9.17) is 9.47 Å². The first-order valence-corrected chi connectivity index (χ1v) is 7.47. The molecule has 1 aliphatic rings. The maximum Gasteiger partial charge on any atom is 0.330 e. The van der Waals surface area contributed by atoms with Crippen LogP contribution in [0.25, 0.3) is 0 Å². The molecule has 1 rings (SSSR count). The summed E-state index contributed by atoms with van der Waals surface area (Å²) in [5.41, 5.74) is 0. The normalized spacial score (nSPS) is 27.4. The van der Waals surface area contributed by atoms with Crippen LogP contribution in [0.15, 0.2) is 12.7 Å². The quantitative estimate of drug-likeness (QED) is 0.555. The monoisotopic (exact) mass is 282 g/mol. The molecule has 4 unspecified atom stereocenters. The lowest BCUT2D eigenvalue weighted by Crippen LogP contribution is -2.34. The number of carbonyl (C=O) groups excluding carboxylic acids is 2. The van der Waals surface area contributed by atoms with Crippen LogP contribution in [0.5, 0.6) is 0 Å². The second kappa shape index (κ2) is 8.08. The first kappa shape index (κ1) is 16.7. The number of hydrogen-bond acceptors (Lipinski definition) is 4. The highest BCUT2D eigenvalue weighted by Crippen LogP contribution is 2.31. The highest BCUT2D eigenvalue weighted by atomic mass is 16.5. The molecule has 20 heavy (non-hydrogen) atoms. The van der Waals surface area contributed by atoms with Gasteiger partial charge in [-0.25, -0.2) is 4.79 Å². The zero-order chi connectivity index (χ0) is 15.1. The van der Waals surface area contributed by atoms with Crippen LogP contribution < -0.4 is 0 Å². The molecule has 0 aromatic rings. The minimum atomic E-state index is -0.372. The highest BCUT2D eigenvalue weighted by Gasteiger charge is 2.31. The van der Waals surface area contributed by atoms with Crippen molar-refractivity contribution in [2.24, 2.45) is 17.8 Å². The molecule has 0 heterocycles. The third-order valence-electron chi connectivity index (χ3n) is 4.11. The fraction of sp³-hybridized carbons (Fsp3) is 0.750. The van der Waals surface area contributed by atoms with Crippen LogP contribution in [-0.4, -0.2) is 24.6 Å². The van der Waals surface area contributed by atoms with E-state index in [0.717, 1.165) is 25.7 Å². The van der Waals surface area contributed by atoms with Gasteiger partial charge in [-0.05, 0) is 37.5 Å². The Hall–Kier alpha value is -1.32. The average molecular weight is 282 g/mol. The Balaban J connectivity index is 2.37. The van der Waals surface area contributed by atoms with Gasteiger partial charge < -0.3 is 9.47 Å². The minimum Gasteiger partial charge on any atom is -0.462 e. The van der Waals surface area contributed by atoms with Gasteiger partial charge in [0.25, 0.3) is 0 Å². The van der Waals surface area contributed by atoms with E-state index in [2.05, 4.69) is 13.5 Å². The number of hydrogen-bond donors (Lipinski definition) is 0. The third kappa shape index (κ3) is 4.99. The first-order valence-electron chi connectivity index (χ1n) is 7.47. The largest absolute Gasteiger partial charge is 0.462 e. The van der Waals surface area contributed by atoms with E-state index in [1.54, 1.807) is 0 Å². The summed E-state index contributed by atoms with van der Waals surface area (Å²) in [5.74, 6) is 0.161. The van der Waals surface area contributed by atoms with E-state index in [9.17, 15) is 9.59 Å². The van der Waals surface area contributed by atoms with Gasteiger partial charge >= 0.3 is 11.9 Å². The molecule has 114 valence electrons. The summed E-state index contributed by atoms with van der Waals surface area (Å²) < 4.78 is 10.7. The SMILES string of the molecule is C=CC(=O)OCC1CCC(OC(=O)C(C)CC)C(C)C1. The van der Waals surface area contributed by atoms with Crippen LogP contribution in [0.1, 0.15) is 46.5 Å². The lowest BCUT2D eigenvalue weighted by molar-refractivity contribution is -0.159. The van der Waals surface area contributed by atoms with Crippen LogP contribution in [0.4, 0.5) is 0 Å². The van der Waals surface area contributed by atoms with Gasteiger partial charge in [-0.3, -0.25) is 4.79 Å². The number of rotatable bonds is 6. The third-order valence-corrected chi connectivity index (χ3v) is 4.11. The number of ether oxygens (including phenoxy) is 2. The molecular formula is C16H26O4. The van der Waals surface area contributed by atoms with E-state index >= 15 is 0 Å². The molecule has 0 saturated heterocycles. The van der Waals surface area contributed by atoms with Gasteiger partial charge in [-0.1, -0.05) is 27.4 Å². The summed E-state index contributed by atoms with van der Waals surface area (Å²) >= 11 is 0. The molecule has 1 aliphatic carbocycles. The summed E-state index contributed by atoms with van der Waals surface area (Å²) in [7, 11) is 0. The van der Waals surface area contributed by atoms with E-state index in [-0.39, 0.29) is 24.0 Å². The summed E-state index contributed by atoms with van der Waals surface area (Å²) in [4.78, 5) is 22.9. The van der Waals surface area contributed by atoms with Gasteiger partial charge in [0.2, 0.25) is 0 Å². The minimum absolute atomic E-state index is 0.00264. The molecule has 4 heteroatoms. The molecule has 4 atom stereocenters. The molecule has 0 bridgehead atoms. The van der Waals surface area contributed by atoms with E-state index in [1.807, 2.05) is 13.8 Å². The Morgan fingerprint density at radius 2 is 2.10 bits per heavy atom. The molecule has 1 saturated carbocycles. The number of esters is 2. The Morgan fingerprint density at radius 1 is 1.40 bits per heavy atom. The maximum atomic E-state index is 11.8. The van der Waals surface area contributed by atoms with Crippen LogP contribution >= 0.6 is 0 Å². The van der Waals surface area contributed by atoms with Gasteiger partial charge in [-0.2, -0.15) is 0 Å². The zero-order valence-electron chi connectivity index (χ0n) is 12.8. The van der Waals surface area contributed by atoms with Gasteiger partial charge in [0.15, 0.2) is 0 Å². The summed E-state index contributed by atoms with van der Waals surface area (Å²) in [6.45, 7) is 9.78. The Labute approximate surface area is 121 Å². The predicted octanol–water partition coefficient (Wildman–Crippen LogP) is 3.11. The fourth-order valence-corrected chi connectivity index (χ4v) is 2.50. The smallest absolute Gasteiger partial charge is 0.330 e. The lowest BCUT2D eigenvalue weighted by Gasteiger charge is -2.33. The average Bonchev–Trinajstić information content (AvgIpc) is 2.46. The van der Waals surface area contributed by atoms with Crippen molar-refractivity contribution < 1.29 is 19.1 Å². The van der Waals surface area contributed by atoms with Crippen molar-refractivity contribution in [1.29, 1.82) is 0 Å². The van der Waals surface area contributed by atoms with Gasteiger partial charge in [-0.15, -0.1) is 0 Å². The van der Waals surface area contributed by atoms with Crippen molar-refractivity contribution in [2.45, 2.75) is 52.6 Å². The maximum absolute atomic E-state index is 11.8. The second-order valence-corrected chi connectivity index (χ2v) is 5.78. The standard InChI is InChI=1S/C16H26O4/c1-5-11(3)16(18)20-14-8-7-13(9-12(14)4)10-19-15(17)6-2/h6,11-14H,2,5,7-10H2,1,3-4H3. The van der Waals surface area contributed by atoms with Crippen LogP contribution in [0.3, 0.4) is 0 Å². The summed E-state index contributed by atoms with van der Waals surface area (Å²) in [6, 6.07) is 0.